The highest BCUT2D eigenvalue weighted by Gasteiger charge is 2.15. The van der Waals surface area contributed by atoms with Crippen LogP contribution in [0.5, 0.6) is 5.75 Å². The third kappa shape index (κ3) is 6.54. The molecule has 0 bridgehead atoms. The highest BCUT2D eigenvalue weighted by atomic mass is 16.5. The fraction of sp³-hybridized carbons (Fsp3) is 0.259. The molecule has 0 fully saturated rings. The largest absolute Gasteiger partial charge is 0.462 e. The number of carbonyl (C=O) groups excluding carboxylic acids is 2. The highest BCUT2D eigenvalue weighted by molar-refractivity contribution is 5.96. The molecule has 0 amide bonds. The summed E-state index contributed by atoms with van der Waals surface area (Å²) in [5.41, 5.74) is 2.44. The van der Waals surface area contributed by atoms with Crippen LogP contribution in [0, 0.1) is 0 Å². The second kappa shape index (κ2) is 11.7. The monoisotopic (exact) mass is 416 g/mol. The molecule has 0 aliphatic rings. The molecule has 3 aromatic rings. The van der Waals surface area contributed by atoms with Gasteiger partial charge in [0.25, 0.3) is 0 Å². The van der Waals surface area contributed by atoms with E-state index < -0.39 is 11.9 Å². The van der Waals surface area contributed by atoms with Crippen LogP contribution in [-0.2, 0) is 4.74 Å². The maximum Gasteiger partial charge on any atom is 0.343 e. The van der Waals surface area contributed by atoms with Crippen molar-refractivity contribution in [3.8, 4) is 16.9 Å². The fourth-order valence-corrected chi connectivity index (χ4v) is 3.30. The van der Waals surface area contributed by atoms with Crippen molar-refractivity contribution in [3.05, 3.63) is 90.0 Å². The number of rotatable bonds is 10. The lowest BCUT2D eigenvalue weighted by atomic mass is 10.0. The average molecular weight is 417 g/mol. The molecule has 0 aromatic heterocycles. The number of hydrogen-bond donors (Lipinski definition) is 0. The molecule has 31 heavy (non-hydrogen) atoms. The number of esters is 2. The summed E-state index contributed by atoms with van der Waals surface area (Å²) in [4.78, 5) is 25.1. The smallest absolute Gasteiger partial charge is 0.343 e. The minimum Gasteiger partial charge on any atom is -0.462 e. The number of ether oxygens (including phenoxy) is 2. The Bertz CT molecular complexity index is 995. The quantitative estimate of drug-likeness (QED) is 0.210. The molecule has 0 heterocycles. The maximum atomic E-state index is 12.8. The van der Waals surface area contributed by atoms with Gasteiger partial charge in [0.1, 0.15) is 5.75 Å². The predicted molar refractivity (Wildman–Crippen MR) is 122 cm³/mol. The van der Waals surface area contributed by atoms with Gasteiger partial charge in [0.05, 0.1) is 17.7 Å². The van der Waals surface area contributed by atoms with Gasteiger partial charge in [-0.05, 0) is 36.2 Å². The van der Waals surface area contributed by atoms with Crippen LogP contribution in [0.2, 0.25) is 0 Å². The van der Waals surface area contributed by atoms with Crippen molar-refractivity contribution in [2.45, 2.75) is 39.0 Å². The molecular weight excluding hydrogens is 388 g/mol. The van der Waals surface area contributed by atoms with Crippen LogP contribution in [0.1, 0.15) is 59.7 Å². The number of unbranched alkanes of at least 4 members (excludes halogenated alkanes) is 4. The van der Waals surface area contributed by atoms with E-state index in [1.165, 1.54) is 18.9 Å². The van der Waals surface area contributed by atoms with E-state index in [2.05, 4.69) is 6.92 Å². The predicted octanol–water partition coefficient (Wildman–Crippen LogP) is 6.70. The summed E-state index contributed by atoms with van der Waals surface area (Å²) in [7, 11) is 0. The van der Waals surface area contributed by atoms with Gasteiger partial charge >= 0.3 is 11.9 Å². The lowest BCUT2D eigenvalue weighted by Crippen LogP contribution is -2.12. The molecule has 160 valence electrons. The molecule has 0 unspecified atom stereocenters. The van der Waals surface area contributed by atoms with Gasteiger partial charge in [-0.15, -0.1) is 0 Å². The van der Waals surface area contributed by atoms with E-state index in [1.54, 1.807) is 24.3 Å². The van der Waals surface area contributed by atoms with E-state index in [0.717, 1.165) is 30.4 Å². The summed E-state index contributed by atoms with van der Waals surface area (Å²) < 4.78 is 11.0. The van der Waals surface area contributed by atoms with Crippen molar-refractivity contribution in [2.24, 2.45) is 0 Å². The number of benzene rings is 3. The fourth-order valence-electron chi connectivity index (χ4n) is 3.30. The summed E-state index contributed by atoms with van der Waals surface area (Å²) in [5, 5.41) is 0. The standard InChI is InChI=1S/C27H28O4/c1-2-3-4-5-11-19-30-26(28)22-15-12-16-23(20-22)27(29)31-25-18-10-9-17-24(25)21-13-7-6-8-14-21/h6-10,12-18,20H,2-5,11,19H2,1H3. The van der Waals surface area contributed by atoms with Gasteiger partial charge in [-0.1, -0.05) is 87.2 Å². The van der Waals surface area contributed by atoms with Crippen LogP contribution in [0.15, 0.2) is 78.9 Å². The van der Waals surface area contributed by atoms with E-state index >= 15 is 0 Å². The molecule has 0 spiro atoms. The van der Waals surface area contributed by atoms with E-state index in [9.17, 15) is 9.59 Å². The average Bonchev–Trinajstić information content (AvgIpc) is 2.82. The summed E-state index contributed by atoms with van der Waals surface area (Å²) in [6.07, 6.45) is 5.43. The summed E-state index contributed by atoms with van der Waals surface area (Å²) in [6, 6.07) is 23.6. The van der Waals surface area contributed by atoms with E-state index in [1.807, 2.05) is 48.5 Å². The first-order chi connectivity index (χ1) is 15.2. The Kier molecular flexibility index (Phi) is 8.41. The Labute approximate surface area is 183 Å². The molecule has 3 aromatic carbocycles. The third-order valence-electron chi connectivity index (χ3n) is 4.99. The Balaban J connectivity index is 1.64. The van der Waals surface area contributed by atoms with Crippen LogP contribution < -0.4 is 4.74 Å². The first-order valence-electron chi connectivity index (χ1n) is 10.8. The molecule has 0 aliphatic heterocycles. The van der Waals surface area contributed by atoms with Crippen molar-refractivity contribution in [3.63, 3.8) is 0 Å². The molecule has 0 saturated carbocycles. The van der Waals surface area contributed by atoms with Gasteiger partial charge in [0.15, 0.2) is 0 Å². The molecule has 0 radical (unpaired) electrons. The highest BCUT2D eigenvalue weighted by Crippen LogP contribution is 2.30. The van der Waals surface area contributed by atoms with Crippen LogP contribution >= 0.6 is 0 Å². The molecule has 0 aliphatic carbocycles. The lowest BCUT2D eigenvalue weighted by Gasteiger charge is -2.11. The maximum absolute atomic E-state index is 12.8. The van der Waals surface area contributed by atoms with Crippen LogP contribution in [0.3, 0.4) is 0 Å². The lowest BCUT2D eigenvalue weighted by molar-refractivity contribution is 0.0497. The summed E-state index contributed by atoms with van der Waals surface area (Å²) >= 11 is 0. The molecule has 0 saturated heterocycles. The summed E-state index contributed by atoms with van der Waals surface area (Å²) in [5.74, 6) is -0.466. The zero-order valence-electron chi connectivity index (χ0n) is 17.9. The van der Waals surface area contributed by atoms with Crippen LogP contribution in [0.4, 0.5) is 0 Å². The van der Waals surface area contributed by atoms with E-state index in [-0.39, 0.29) is 0 Å². The Morgan fingerprint density at radius 3 is 2.16 bits per heavy atom. The topological polar surface area (TPSA) is 52.6 Å². The molecule has 0 N–H and O–H groups in total. The first kappa shape index (κ1) is 22.3. The first-order valence-corrected chi connectivity index (χ1v) is 10.8. The van der Waals surface area contributed by atoms with Gasteiger partial charge in [-0.25, -0.2) is 9.59 Å². The van der Waals surface area contributed by atoms with E-state index in [0.29, 0.717) is 23.5 Å². The molecule has 4 heteroatoms. The zero-order valence-corrected chi connectivity index (χ0v) is 17.9. The zero-order chi connectivity index (χ0) is 21.9. The minimum atomic E-state index is -0.516. The van der Waals surface area contributed by atoms with Gasteiger partial charge in [0, 0.05) is 5.56 Å². The van der Waals surface area contributed by atoms with Gasteiger partial charge < -0.3 is 9.47 Å². The van der Waals surface area contributed by atoms with Crippen LogP contribution in [-0.4, -0.2) is 18.5 Å². The second-order valence-corrected chi connectivity index (χ2v) is 7.38. The molecule has 3 rings (SSSR count). The second-order valence-electron chi connectivity index (χ2n) is 7.38. The third-order valence-corrected chi connectivity index (χ3v) is 4.99. The summed E-state index contributed by atoms with van der Waals surface area (Å²) in [6.45, 7) is 2.56. The minimum absolute atomic E-state index is 0.306. The van der Waals surface area contributed by atoms with Crippen LogP contribution in [0.25, 0.3) is 11.1 Å². The van der Waals surface area contributed by atoms with Crippen molar-refractivity contribution >= 4 is 11.9 Å². The van der Waals surface area contributed by atoms with Crippen molar-refractivity contribution in [1.82, 2.24) is 0 Å². The Morgan fingerprint density at radius 2 is 1.39 bits per heavy atom. The normalized spacial score (nSPS) is 10.5. The van der Waals surface area contributed by atoms with Gasteiger partial charge in [-0.2, -0.15) is 0 Å². The number of para-hydroxylation sites is 1. The van der Waals surface area contributed by atoms with Crippen molar-refractivity contribution in [1.29, 1.82) is 0 Å². The van der Waals surface area contributed by atoms with Crippen molar-refractivity contribution in [2.75, 3.05) is 6.61 Å². The number of hydrogen-bond acceptors (Lipinski definition) is 4. The van der Waals surface area contributed by atoms with Gasteiger partial charge in [0.2, 0.25) is 0 Å². The molecule has 0 atom stereocenters. The number of carbonyl (C=O) groups is 2. The molecule has 4 nitrogen and oxygen atoms in total. The Morgan fingerprint density at radius 1 is 0.710 bits per heavy atom. The molecular formula is C27H28O4. The van der Waals surface area contributed by atoms with Crippen molar-refractivity contribution < 1.29 is 19.1 Å². The Hall–Kier alpha value is -3.40. The van der Waals surface area contributed by atoms with E-state index in [4.69, 9.17) is 9.47 Å². The SMILES string of the molecule is CCCCCCCOC(=O)c1cccc(C(=O)Oc2ccccc2-c2ccccc2)c1. The van der Waals surface area contributed by atoms with Gasteiger partial charge in [-0.3, -0.25) is 0 Å².